The fourth-order valence-corrected chi connectivity index (χ4v) is 6.50. The number of rotatable bonds is 9. The third-order valence-electron chi connectivity index (χ3n) is 7.20. The minimum atomic E-state index is -0.0389. The van der Waals surface area contributed by atoms with Crippen LogP contribution in [0, 0.1) is 10.8 Å². The zero-order chi connectivity index (χ0) is 31.1. The van der Waals surface area contributed by atoms with Crippen LogP contribution in [0.5, 0.6) is 11.5 Å². The minimum absolute atomic E-state index is 0. The molecule has 2 aromatic heterocycles. The van der Waals surface area contributed by atoms with Crippen molar-refractivity contribution in [2.24, 2.45) is 0 Å². The van der Waals surface area contributed by atoms with Crippen molar-refractivity contribution in [2.75, 3.05) is 0 Å². The minimum Gasteiger partial charge on any atom is -0.509 e. The van der Waals surface area contributed by atoms with E-state index in [1.54, 1.807) is 36.4 Å². The molecule has 2 radical (unpaired) electrons. The van der Waals surface area contributed by atoms with E-state index < -0.39 is 0 Å². The maximum absolute atomic E-state index is 12.6. The van der Waals surface area contributed by atoms with Gasteiger partial charge in [0.05, 0.1) is 0 Å². The van der Waals surface area contributed by atoms with Gasteiger partial charge in [0.1, 0.15) is 23.1 Å². The molecule has 0 amide bonds. The summed E-state index contributed by atoms with van der Waals surface area (Å²) in [5, 5.41) is 26.8. The van der Waals surface area contributed by atoms with Gasteiger partial charge in [0.2, 0.25) is 0 Å². The zero-order valence-electron chi connectivity index (χ0n) is 25.7. The number of hydrogen-bond acceptors (Lipinski definition) is 6. The quantitative estimate of drug-likeness (QED) is 0.113. The van der Waals surface area contributed by atoms with Gasteiger partial charge in [0.25, 0.3) is 0 Å². The van der Waals surface area contributed by atoms with Gasteiger partial charge in [0.15, 0.2) is 0 Å². The first-order valence-corrected chi connectivity index (χ1v) is 16.2. The number of aromatic hydroxyl groups is 2. The standard InChI is InChI=1S/C19H17O2S.C19H15O2S.2Y/c2*1-2-3-4-13-5-7-14(8-6-13)19(21)17-12-22-18-11-15(20)9-10-16(17)18;;/h5-11,20H,2-4H2,1H3;3-11,20H,2H2,1H3;;/q2*-1;;/b;4-3+;;. The van der Waals surface area contributed by atoms with Gasteiger partial charge < -0.3 is 19.8 Å². The monoisotopic (exact) mass is 794 g/mol. The van der Waals surface area contributed by atoms with E-state index in [1.807, 2.05) is 54.6 Å². The summed E-state index contributed by atoms with van der Waals surface area (Å²) in [6.07, 6.45) is 8.51. The molecule has 0 fully saturated rings. The first kappa shape index (κ1) is 38.1. The second-order valence-corrected chi connectivity index (χ2v) is 12.1. The van der Waals surface area contributed by atoms with Gasteiger partial charge in [0, 0.05) is 65.4 Å². The van der Waals surface area contributed by atoms with Crippen LogP contribution in [0.3, 0.4) is 0 Å². The molecule has 6 aromatic rings. The average Bonchev–Trinajstić information content (AvgIpc) is 3.66. The second kappa shape index (κ2) is 18.3. The van der Waals surface area contributed by atoms with Crippen molar-refractivity contribution in [3.05, 3.63) is 135 Å². The van der Waals surface area contributed by atoms with E-state index in [2.05, 4.69) is 30.7 Å². The van der Waals surface area contributed by atoms with Gasteiger partial charge in [-0.2, -0.15) is 0 Å². The van der Waals surface area contributed by atoms with E-state index in [1.165, 1.54) is 41.1 Å². The van der Waals surface area contributed by atoms with Gasteiger partial charge in [-0.3, -0.25) is 22.7 Å². The zero-order valence-corrected chi connectivity index (χ0v) is 33.1. The van der Waals surface area contributed by atoms with Crippen molar-refractivity contribution < 1.29 is 85.2 Å². The number of benzene rings is 4. The molecule has 0 saturated carbocycles. The van der Waals surface area contributed by atoms with Crippen molar-refractivity contribution in [2.45, 2.75) is 39.5 Å². The molecule has 0 unspecified atom stereocenters. The van der Waals surface area contributed by atoms with Crippen molar-refractivity contribution >= 4 is 60.5 Å². The Labute approximate surface area is 328 Å². The number of hydrogen-bond donors (Lipinski definition) is 2. The molecule has 2 heterocycles. The van der Waals surface area contributed by atoms with Gasteiger partial charge in [-0.15, -0.1) is 22.9 Å². The molecule has 8 heteroatoms. The van der Waals surface area contributed by atoms with Crippen LogP contribution in [0.25, 0.3) is 26.2 Å². The number of fused-ring (bicyclic) bond motifs is 2. The Hall–Kier alpha value is -2.31. The number of ketones is 2. The van der Waals surface area contributed by atoms with Crippen LogP contribution in [-0.2, 0) is 71.8 Å². The number of phenolic OH excluding ortho intramolecular Hbond substituents is 2. The maximum Gasteiger partial charge on any atom is 0.108 e. The van der Waals surface area contributed by atoms with Crippen LogP contribution < -0.4 is 0 Å². The predicted octanol–water partition coefficient (Wildman–Crippen LogP) is 10.0. The molecule has 4 aromatic carbocycles. The molecule has 4 nitrogen and oxygen atoms in total. The Morgan fingerprint density at radius 3 is 1.63 bits per heavy atom. The Morgan fingerprint density at radius 2 is 1.17 bits per heavy atom. The van der Waals surface area contributed by atoms with E-state index in [0.717, 1.165) is 38.6 Å². The van der Waals surface area contributed by atoms with Crippen LogP contribution in [-0.4, -0.2) is 21.8 Å². The van der Waals surface area contributed by atoms with Crippen LogP contribution >= 0.6 is 22.7 Å². The van der Waals surface area contributed by atoms with E-state index >= 15 is 0 Å². The normalized spacial score (nSPS) is 10.7. The summed E-state index contributed by atoms with van der Waals surface area (Å²) in [7, 11) is 0. The number of carbonyl (C=O) groups is 2. The molecule has 0 bridgehead atoms. The summed E-state index contributed by atoms with van der Waals surface area (Å²) in [4.78, 5) is 25.3. The summed E-state index contributed by atoms with van der Waals surface area (Å²) < 4.78 is 1.74. The molecule has 0 aliphatic heterocycles. The van der Waals surface area contributed by atoms with Gasteiger partial charge in [-0.25, -0.2) is 0 Å². The maximum atomic E-state index is 12.6. The Morgan fingerprint density at radius 1 is 0.696 bits per heavy atom. The fourth-order valence-electron chi connectivity index (χ4n) is 4.76. The van der Waals surface area contributed by atoms with Gasteiger partial charge in [-0.05, 0) is 53.6 Å². The number of carbonyl (C=O) groups excluding carboxylic acids is 2. The first-order chi connectivity index (χ1) is 21.4. The number of aryl methyl sites for hydroxylation is 1. The molecule has 0 aliphatic carbocycles. The Bertz CT molecular complexity index is 1940. The molecular formula is C38H32O4S2Y2-2. The van der Waals surface area contributed by atoms with Crippen LogP contribution in [0.2, 0.25) is 0 Å². The Balaban J connectivity index is 0.000000240. The first-order valence-electron chi connectivity index (χ1n) is 14.6. The smallest absolute Gasteiger partial charge is 0.108 e. The number of thiophene rings is 2. The summed E-state index contributed by atoms with van der Waals surface area (Å²) in [6.45, 7) is 4.26. The number of allylic oxidation sites excluding steroid dienone is 1. The van der Waals surface area contributed by atoms with E-state index in [-0.39, 0.29) is 88.5 Å². The molecule has 0 spiro atoms. The third kappa shape index (κ3) is 9.40. The fraction of sp³-hybridized carbons (Fsp3) is 0.158. The van der Waals surface area contributed by atoms with E-state index in [4.69, 9.17) is 0 Å². The van der Waals surface area contributed by atoms with Crippen molar-refractivity contribution in [1.82, 2.24) is 0 Å². The largest absolute Gasteiger partial charge is 0.509 e. The van der Waals surface area contributed by atoms with Gasteiger partial charge in [-0.1, -0.05) is 124 Å². The van der Waals surface area contributed by atoms with E-state index in [9.17, 15) is 19.8 Å². The molecule has 0 saturated heterocycles. The van der Waals surface area contributed by atoms with Crippen LogP contribution in [0.4, 0.5) is 0 Å². The molecular weight excluding hydrogens is 762 g/mol. The molecule has 2 N–H and O–H groups in total. The van der Waals surface area contributed by atoms with Crippen LogP contribution in [0.1, 0.15) is 76.1 Å². The van der Waals surface area contributed by atoms with E-state index in [0.29, 0.717) is 22.3 Å². The average molecular weight is 795 g/mol. The number of unbranched alkanes of at least 4 members (excludes halogenated alkanes) is 1. The SMILES string of the molecule is CC/C=C/c1ccc(C(=O)c2[c-]sc3cc(O)ccc23)cc1.CCCCc1ccc(C(=O)c2[c-]sc3cc(O)ccc23)cc1.[Y].[Y]. The summed E-state index contributed by atoms with van der Waals surface area (Å²) in [5.74, 6) is 0.359. The Kier molecular flexibility index (Phi) is 15.2. The summed E-state index contributed by atoms with van der Waals surface area (Å²) in [6, 6.07) is 25.5. The second-order valence-electron chi connectivity index (χ2n) is 10.4. The molecule has 6 rings (SSSR count). The summed E-state index contributed by atoms with van der Waals surface area (Å²) in [5.41, 5.74) is 4.84. The predicted molar refractivity (Wildman–Crippen MR) is 182 cm³/mol. The number of phenols is 2. The molecule has 228 valence electrons. The van der Waals surface area contributed by atoms with Crippen molar-refractivity contribution in [1.29, 1.82) is 0 Å². The van der Waals surface area contributed by atoms with Crippen molar-refractivity contribution in [3.8, 4) is 11.5 Å². The molecule has 0 aliphatic rings. The topological polar surface area (TPSA) is 74.6 Å². The molecule has 46 heavy (non-hydrogen) atoms. The van der Waals surface area contributed by atoms with Crippen molar-refractivity contribution in [3.63, 3.8) is 0 Å². The summed E-state index contributed by atoms with van der Waals surface area (Å²) >= 11 is 2.71. The third-order valence-corrected chi connectivity index (χ3v) is 8.93. The van der Waals surface area contributed by atoms with Crippen LogP contribution in [0.15, 0.2) is 91.0 Å². The molecule has 0 atom stereocenters. The van der Waals surface area contributed by atoms with Gasteiger partial charge >= 0.3 is 0 Å².